The molecule has 2 aromatic rings. The third-order valence-corrected chi connectivity index (χ3v) is 6.37. The Bertz CT molecular complexity index is 821. The summed E-state index contributed by atoms with van der Waals surface area (Å²) < 4.78 is 7.64. The van der Waals surface area contributed by atoms with Gasteiger partial charge in [0, 0.05) is 19.6 Å². The van der Waals surface area contributed by atoms with Gasteiger partial charge in [0.1, 0.15) is 0 Å². The number of carbonyl (C=O) groups is 1. The fraction of sp³-hybridized carbons (Fsp3) is 0.609. The summed E-state index contributed by atoms with van der Waals surface area (Å²) in [6.45, 7) is 12.3. The molecule has 170 valence electrons. The Labute approximate surface area is 189 Å². The molecule has 0 radical (unpaired) electrons. The zero-order valence-corrected chi connectivity index (χ0v) is 19.9. The molecule has 8 heteroatoms. The maximum absolute atomic E-state index is 13.0. The Morgan fingerprint density at radius 3 is 2.52 bits per heavy atom. The Balaban J connectivity index is 1.71. The number of aromatic nitrogens is 3. The summed E-state index contributed by atoms with van der Waals surface area (Å²) in [5.41, 5.74) is 1.15. The van der Waals surface area contributed by atoms with Gasteiger partial charge in [0.05, 0.1) is 24.5 Å². The first-order chi connectivity index (χ1) is 15.0. The summed E-state index contributed by atoms with van der Waals surface area (Å²) in [7, 11) is 0. The van der Waals surface area contributed by atoms with Crippen LogP contribution in [0.15, 0.2) is 35.5 Å². The van der Waals surface area contributed by atoms with Crippen molar-refractivity contribution in [2.24, 2.45) is 5.92 Å². The van der Waals surface area contributed by atoms with Gasteiger partial charge in [0.25, 0.3) is 0 Å². The summed E-state index contributed by atoms with van der Waals surface area (Å²) in [5, 5.41) is 12.7. The summed E-state index contributed by atoms with van der Waals surface area (Å²) in [6.07, 6.45) is 1.92. The minimum Gasteiger partial charge on any atom is -0.378 e. The van der Waals surface area contributed by atoms with Gasteiger partial charge in [-0.1, -0.05) is 69.3 Å². The molecule has 2 atom stereocenters. The molecule has 2 heterocycles. The van der Waals surface area contributed by atoms with Crippen molar-refractivity contribution < 1.29 is 9.53 Å². The first-order valence-electron chi connectivity index (χ1n) is 11.3. The van der Waals surface area contributed by atoms with E-state index in [0.29, 0.717) is 19.1 Å². The zero-order chi connectivity index (χ0) is 22.2. The third-order valence-electron chi connectivity index (χ3n) is 5.29. The van der Waals surface area contributed by atoms with Crippen LogP contribution in [0.3, 0.4) is 0 Å². The zero-order valence-electron chi connectivity index (χ0n) is 19.1. The predicted molar refractivity (Wildman–Crippen MR) is 125 cm³/mol. The Kier molecular flexibility index (Phi) is 8.78. The number of nitrogens with one attached hydrogen (secondary N) is 1. The predicted octanol–water partition coefficient (Wildman–Crippen LogP) is 3.91. The van der Waals surface area contributed by atoms with Crippen LogP contribution in [-0.4, -0.2) is 52.2 Å². The molecule has 1 aliphatic rings. The maximum atomic E-state index is 13.0. The van der Waals surface area contributed by atoms with Crippen molar-refractivity contribution in [3.8, 4) is 0 Å². The molecule has 1 aromatic heterocycles. The minimum atomic E-state index is -0.268. The highest BCUT2D eigenvalue weighted by molar-refractivity contribution is 8.00. The molecule has 0 spiro atoms. The topological polar surface area (TPSA) is 72.3 Å². The average Bonchev–Trinajstić information content (AvgIpc) is 3.16. The molecule has 1 fully saturated rings. The molecule has 1 N–H and O–H groups in total. The van der Waals surface area contributed by atoms with Crippen molar-refractivity contribution in [1.29, 1.82) is 0 Å². The van der Waals surface area contributed by atoms with Gasteiger partial charge in [-0.05, 0) is 24.8 Å². The van der Waals surface area contributed by atoms with Crippen molar-refractivity contribution in [1.82, 2.24) is 20.1 Å². The standard InChI is InChI=1S/C23H35N5O2S/c1-5-9-20(19-10-7-6-8-11-19)24-21(29)18(4)31-23-26-25-22(28(23)16-17(2)3)27-12-14-30-15-13-27/h6-8,10-11,17-18,20H,5,9,12-16H2,1-4H3,(H,24,29)/t18-,20-/m1/s1. The van der Waals surface area contributed by atoms with E-state index in [1.807, 2.05) is 25.1 Å². The van der Waals surface area contributed by atoms with Crippen molar-refractivity contribution in [2.75, 3.05) is 31.2 Å². The van der Waals surface area contributed by atoms with Gasteiger partial charge < -0.3 is 15.0 Å². The van der Waals surface area contributed by atoms with E-state index in [1.165, 1.54) is 11.8 Å². The highest BCUT2D eigenvalue weighted by Gasteiger charge is 2.25. The van der Waals surface area contributed by atoms with Crippen LogP contribution in [0.5, 0.6) is 0 Å². The molecule has 7 nitrogen and oxygen atoms in total. The monoisotopic (exact) mass is 445 g/mol. The molecule has 1 aromatic carbocycles. The first kappa shape index (κ1) is 23.6. The number of nitrogens with zero attached hydrogens (tertiary/aromatic N) is 4. The molecule has 0 unspecified atom stereocenters. The minimum absolute atomic E-state index is 0.0270. The van der Waals surface area contributed by atoms with E-state index in [2.05, 4.69) is 57.9 Å². The van der Waals surface area contributed by atoms with Crippen molar-refractivity contribution in [3.05, 3.63) is 35.9 Å². The fourth-order valence-electron chi connectivity index (χ4n) is 3.69. The van der Waals surface area contributed by atoms with Gasteiger partial charge in [-0.25, -0.2) is 0 Å². The quantitative estimate of drug-likeness (QED) is 0.559. The van der Waals surface area contributed by atoms with Gasteiger partial charge in [0.2, 0.25) is 11.9 Å². The van der Waals surface area contributed by atoms with E-state index in [4.69, 9.17) is 4.74 Å². The van der Waals surface area contributed by atoms with Crippen LogP contribution < -0.4 is 10.2 Å². The molecule has 1 saturated heterocycles. The smallest absolute Gasteiger partial charge is 0.233 e. The maximum Gasteiger partial charge on any atom is 0.233 e. The number of ether oxygens (including phenoxy) is 1. The van der Waals surface area contributed by atoms with E-state index in [1.54, 1.807) is 0 Å². The number of benzene rings is 1. The lowest BCUT2D eigenvalue weighted by molar-refractivity contribution is -0.121. The summed E-state index contributed by atoms with van der Waals surface area (Å²) in [5.74, 6) is 1.35. The first-order valence-corrected chi connectivity index (χ1v) is 12.2. The second-order valence-corrected chi connectivity index (χ2v) is 9.72. The Hall–Kier alpha value is -2.06. The van der Waals surface area contributed by atoms with E-state index >= 15 is 0 Å². The van der Waals surface area contributed by atoms with Crippen LogP contribution in [0.2, 0.25) is 0 Å². The number of anilines is 1. The number of hydrogen-bond donors (Lipinski definition) is 1. The average molecular weight is 446 g/mol. The van der Waals surface area contributed by atoms with E-state index in [0.717, 1.165) is 49.1 Å². The second-order valence-electron chi connectivity index (χ2n) is 8.41. The van der Waals surface area contributed by atoms with E-state index in [-0.39, 0.29) is 17.2 Å². The largest absolute Gasteiger partial charge is 0.378 e. The highest BCUT2D eigenvalue weighted by atomic mass is 32.2. The Morgan fingerprint density at radius 1 is 1.16 bits per heavy atom. The summed E-state index contributed by atoms with van der Waals surface area (Å²) >= 11 is 1.48. The SMILES string of the molecule is CCC[C@@H](NC(=O)[C@@H](C)Sc1nnc(N2CCOCC2)n1CC(C)C)c1ccccc1. The van der Waals surface area contributed by atoms with Gasteiger partial charge in [0.15, 0.2) is 5.16 Å². The molecule has 0 saturated carbocycles. The molecule has 31 heavy (non-hydrogen) atoms. The molecule has 3 rings (SSSR count). The van der Waals surface area contributed by atoms with E-state index in [9.17, 15) is 4.79 Å². The molecule has 0 bridgehead atoms. The third kappa shape index (κ3) is 6.46. The number of carbonyl (C=O) groups excluding carboxylic acids is 1. The lowest BCUT2D eigenvalue weighted by Crippen LogP contribution is -2.38. The highest BCUT2D eigenvalue weighted by Crippen LogP contribution is 2.28. The van der Waals surface area contributed by atoms with Crippen molar-refractivity contribution >= 4 is 23.6 Å². The lowest BCUT2D eigenvalue weighted by Gasteiger charge is -2.28. The molecule has 1 amide bonds. The van der Waals surface area contributed by atoms with Crippen LogP contribution in [-0.2, 0) is 16.1 Å². The number of rotatable bonds is 10. The number of amides is 1. The van der Waals surface area contributed by atoms with Crippen molar-refractivity contribution in [2.45, 2.75) is 63.5 Å². The van der Waals surface area contributed by atoms with Crippen molar-refractivity contribution in [3.63, 3.8) is 0 Å². The van der Waals surface area contributed by atoms with Crippen LogP contribution in [0, 0.1) is 5.92 Å². The summed E-state index contributed by atoms with van der Waals surface area (Å²) in [4.78, 5) is 15.3. The van der Waals surface area contributed by atoms with E-state index < -0.39 is 0 Å². The number of morpholine rings is 1. The van der Waals surface area contributed by atoms with Crippen LogP contribution >= 0.6 is 11.8 Å². The number of thioether (sulfide) groups is 1. The van der Waals surface area contributed by atoms with Gasteiger partial charge >= 0.3 is 0 Å². The lowest BCUT2D eigenvalue weighted by atomic mass is 10.0. The van der Waals surface area contributed by atoms with Crippen LogP contribution in [0.1, 0.15) is 52.1 Å². The van der Waals surface area contributed by atoms with Crippen LogP contribution in [0.25, 0.3) is 0 Å². The van der Waals surface area contributed by atoms with Gasteiger partial charge in [-0.3, -0.25) is 9.36 Å². The van der Waals surface area contributed by atoms with Gasteiger partial charge in [-0.2, -0.15) is 0 Å². The Morgan fingerprint density at radius 2 is 1.87 bits per heavy atom. The molecule has 0 aliphatic carbocycles. The number of hydrogen-bond acceptors (Lipinski definition) is 6. The summed E-state index contributed by atoms with van der Waals surface area (Å²) in [6, 6.07) is 10.2. The normalized spacial score (nSPS) is 16.4. The fourth-order valence-corrected chi connectivity index (χ4v) is 4.55. The van der Waals surface area contributed by atoms with Crippen LogP contribution in [0.4, 0.5) is 5.95 Å². The second kappa shape index (κ2) is 11.5. The van der Waals surface area contributed by atoms with Gasteiger partial charge in [-0.15, -0.1) is 10.2 Å². The molecular weight excluding hydrogens is 410 g/mol. The molecular formula is C23H35N5O2S. The molecule has 1 aliphatic heterocycles.